The van der Waals surface area contributed by atoms with E-state index in [0.717, 1.165) is 11.1 Å². The summed E-state index contributed by atoms with van der Waals surface area (Å²) in [6, 6.07) is 18.4. The number of hydrogen-bond donors (Lipinski definition) is 4. The molecule has 0 aliphatic rings. The van der Waals surface area contributed by atoms with E-state index < -0.39 is 0 Å². The first-order valence-electron chi connectivity index (χ1n) is 7.46. The largest absolute Gasteiger partial charge is 0.397 e. The molecule has 0 amide bonds. The van der Waals surface area contributed by atoms with E-state index in [1.165, 1.54) is 4.68 Å². The molecule has 0 radical (unpaired) electrons. The maximum Gasteiger partial charge on any atom is 0.148 e. The second-order valence-corrected chi connectivity index (χ2v) is 5.47. The zero-order chi connectivity index (χ0) is 17.1. The predicted molar refractivity (Wildman–Crippen MR) is 95.6 cm³/mol. The van der Waals surface area contributed by atoms with E-state index in [-0.39, 0.29) is 11.3 Å². The molecule has 0 aliphatic carbocycles. The summed E-state index contributed by atoms with van der Waals surface area (Å²) in [7, 11) is 0. The predicted octanol–water partition coefficient (Wildman–Crippen LogP) is 2.26. The van der Waals surface area contributed by atoms with Crippen LogP contribution in [0, 0.1) is 10.8 Å². The lowest BCUT2D eigenvalue weighted by Crippen LogP contribution is -2.30. The topological polar surface area (TPSA) is 118 Å². The SMILES string of the molecule is N=C(Cc1ccc(N)c(N)c1)n1nc(-c2ccccc2)ccc1=N. The van der Waals surface area contributed by atoms with Crippen LogP contribution in [0.5, 0.6) is 0 Å². The molecule has 0 unspecified atom stereocenters. The quantitative estimate of drug-likeness (QED) is 0.337. The zero-order valence-electron chi connectivity index (χ0n) is 13.0. The van der Waals surface area contributed by atoms with Gasteiger partial charge in [-0.1, -0.05) is 36.4 Å². The second kappa shape index (κ2) is 6.37. The third-order valence-corrected chi connectivity index (χ3v) is 3.68. The maximum absolute atomic E-state index is 8.30. The molecule has 1 aromatic heterocycles. The van der Waals surface area contributed by atoms with Gasteiger partial charge in [0.05, 0.1) is 17.1 Å². The number of anilines is 2. The maximum atomic E-state index is 8.30. The second-order valence-electron chi connectivity index (χ2n) is 5.47. The van der Waals surface area contributed by atoms with Gasteiger partial charge in [-0.15, -0.1) is 0 Å². The van der Waals surface area contributed by atoms with Gasteiger partial charge in [0.1, 0.15) is 11.3 Å². The molecule has 0 aliphatic heterocycles. The smallest absolute Gasteiger partial charge is 0.148 e. The number of nitrogens with zero attached hydrogens (tertiary/aromatic N) is 2. The highest BCUT2D eigenvalue weighted by molar-refractivity contribution is 5.83. The Hall–Kier alpha value is -3.41. The van der Waals surface area contributed by atoms with Crippen LogP contribution in [0.1, 0.15) is 5.56 Å². The number of benzene rings is 2. The zero-order valence-corrected chi connectivity index (χ0v) is 13.0. The van der Waals surface area contributed by atoms with Crippen molar-refractivity contribution < 1.29 is 0 Å². The Bertz CT molecular complexity index is 943. The van der Waals surface area contributed by atoms with E-state index in [1.54, 1.807) is 24.3 Å². The molecule has 120 valence electrons. The molecule has 1 heterocycles. The van der Waals surface area contributed by atoms with Crippen LogP contribution < -0.4 is 17.0 Å². The lowest BCUT2D eigenvalue weighted by molar-refractivity contribution is 0.799. The van der Waals surface area contributed by atoms with Gasteiger partial charge in [0.25, 0.3) is 0 Å². The van der Waals surface area contributed by atoms with E-state index in [1.807, 2.05) is 36.4 Å². The number of rotatable bonds is 3. The van der Waals surface area contributed by atoms with Gasteiger partial charge in [-0.2, -0.15) is 5.10 Å². The van der Waals surface area contributed by atoms with Gasteiger partial charge in [0, 0.05) is 12.0 Å². The van der Waals surface area contributed by atoms with Crippen LogP contribution in [0.25, 0.3) is 11.3 Å². The van der Waals surface area contributed by atoms with Crippen LogP contribution in [0.3, 0.4) is 0 Å². The van der Waals surface area contributed by atoms with Crippen LogP contribution in [0.15, 0.2) is 60.7 Å². The van der Waals surface area contributed by atoms with Gasteiger partial charge < -0.3 is 11.5 Å². The lowest BCUT2D eigenvalue weighted by Gasteiger charge is -2.10. The monoisotopic (exact) mass is 318 g/mol. The Morgan fingerprint density at radius 1 is 0.958 bits per heavy atom. The van der Waals surface area contributed by atoms with E-state index in [0.29, 0.717) is 23.5 Å². The van der Waals surface area contributed by atoms with Crippen molar-refractivity contribution in [2.45, 2.75) is 6.42 Å². The molecule has 0 bridgehead atoms. The standard InChI is InChI=1S/C18H18N6/c19-14-7-6-12(10-15(14)20)11-18(22)24-17(21)9-8-16(23-24)13-4-2-1-3-5-13/h1-10,21-22H,11,19-20H2. The number of hydrogen-bond acceptors (Lipinski definition) is 5. The minimum atomic E-state index is 0.156. The summed E-state index contributed by atoms with van der Waals surface area (Å²) in [6.45, 7) is 0. The summed E-state index contributed by atoms with van der Waals surface area (Å²) in [5, 5.41) is 20.7. The molecule has 6 N–H and O–H groups in total. The number of nitrogen functional groups attached to an aromatic ring is 2. The molecule has 0 saturated heterocycles. The van der Waals surface area contributed by atoms with Crippen molar-refractivity contribution >= 4 is 17.2 Å². The van der Waals surface area contributed by atoms with Gasteiger partial charge in [-0.25, -0.2) is 4.68 Å². The highest BCUT2D eigenvalue weighted by Gasteiger charge is 2.08. The Labute approximate surface area is 139 Å². The summed E-state index contributed by atoms with van der Waals surface area (Å²) in [5.41, 5.74) is 15.2. The fraction of sp³-hybridized carbons (Fsp3) is 0.0556. The summed E-state index contributed by atoms with van der Waals surface area (Å²) in [5.74, 6) is 0.196. The first-order valence-corrected chi connectivity index (χ1v) is 7.46. The van der Waals surface area contributed by atoms with Crippen molar-refractivity contribution in [3.8, 4) is 11.3 Å². The molecule has 0 fully saturated rings. The summed E-state index contributed by atoms with van der Waals surface area (Å²) < 4.78 is 1.33. The molecule has 0 spiro atoms. The highest BCUT2D eigenvalue weighted by Crippen LogP contribution is 2.17. The Kier molecular flexibility index (Phi) is 4.11. The minimum absolute atomic E-state index is 0.156. The van der Waals surface area contributed by atoms with Crippen LogP contribution in [-0.2, 0) is 6.42 Å². The van der Waals surface area contributed by atoms with Crippen molar-refractivity contribution in [3.63, 3.8) is 0 Å². The molecule has 0 saturated carbocycles. The van der Waals surface area contributed by atoms with Crippen molar-refractivity contribution in [2.24, 2.45) is 0 Å². The average molecular weight is 318 g/mol. The average Bonchev–Trinajstić information content (AvgIpc) is 2.59. The van der Waals surface area contributed by atoms with Crippen LogP contribution in [0.2, 0.25) is 0 Å². The number of nitrogens with one attached hydrogen (secondary N) is 2. The fourth-order valence-corrected chi connectivity index (χ4v) is 2.39. The lowest BCUT2D eigenvalue weighted by atomic mass is 10.1. The number of aromatic nitrogens is 2. The molecule has 2 aromatic carbocycles. The first-order chi connectivity index (χ1) is 11.5. The third-order valence-electron chi connectivity index (χ3n) is 3.68. The van der Waals surface area contributed by atoms with Crippen molar-refractivity contribution in [1.29, 1.82) is 10.8 Å². The van der Waals surface area contributed by atoms with E-state index in [9.17, 15) is 0 Å². The van der Waals surface area contributed by atoms with Gasteiger partial charge >= 0.3 is 0 Å². The van der Waals surface area contributed by atoms with Gasteiger partial charge in [-0.05, 0) is 29.8 Å². The third kappa shape index (κ3) is 3.17. The first kappa shape index (κ1) is 15.5. The molecule has 6 heteroatoms. The van der Waals surface area contributed by atoms with Crippen molar-refractivity contribution in [3.05, 3.63) is 71.7 Å². The van der Waals surface area contributed by atoms with Crippen molar-refractivity contribution in [2.75, 3.05) is 11.5 Å². The van der Waals surface area contributed by atoms with Crippen LogP contribution in [-0.4, -0.2) is 15.6 Å². The van der Waals surface area contributed by atoms with Crippen LogP contribution in [0.4, 0.5) is 11.4 Å². The summed E-state index contributed by atoms with van der Waals surface area (Å²) in [6.07, 6.45) is 0.312. The molecular weight excluding hydrogens is 300 g/mol. The molecule has 6 nitrogen and oxygen atoms in total. The molecule has 3 rings (SSSR count). The molecule has 24 heavy (non-hydrogen) atoms. The minimum Gasteiger partial charge on any atom is -0.397 e. The van der Waals surface area contributed by atoms with Gasteiger partial charge in [0.2, 0.25) is 0 Å². The van der Waals surface area contributed by atoms with Gasteiger partial charge in [-0.3, -0.25) is 10.8 Å². The van der Waals surface area contributed by atoms with Crippen molar-refractivity contribution in [1.82, 2.24) is 9.78 Å². The normalized spacial score (nSPS) is 10.5. The molecule has 0 atom stereocenters. The Balaban J connectivity index is 1.92. The number of nitrogens with two attached hydrogens (primary N) is 2. The summed E-state index contributed by atoms with van der Waals surface area (Å²) in [4.78, 5) is 0. The van der Waals surface area contributed by atoms with E-state index >= 15 is 0 Å². The van der Waals surface area contributed by atoms with Gasteiger partial charge in [0.15, 0.2) is 0 Å². The molecular formula is C18H18N6. The highest BCUT2D eigenvalue weighted by atomic mass is 15.3. The van der Waals surface area contributed by atoms with E-state index in [2.05, 4.69) is 5.10 Å². The Morgan fingerprint density at radius 2 is 1.71 bits per heavy atom. The van der Waals surface area contributed by atoms with Crippen LogP contribution >= 0.6 is 0 Å². The molecule has 3 aromatic rings. The summed E-state index contributed by atoms with van der Waals surface area (Å²) >= 11 is 0. The fourth-order valence-electron chi connectivity index (χ4n) is 2.39. The Morgan fingerprint density at radius 3 is 2.42 bits per heavy atom. The van der Waals surface area contributed by atoms with E-state index in [4.69, 9.17) is 22.3 Å².